The van der Waals surface area contributed by atoms with Gasteiger partial charge in [0.2, 0.25) is 0 Å². The van der Waals surface area contributed by atoms with Gasteiger partial charge in [-0.1, -0.05) is 17.7 Å². The molecule has 0 aromatic heterocycles. The van der Waals surface area contributed by atoms with Crippen LogP contribution in [0.3, 0.4) is 0 Å². The first-order valence-corrected chi connectivity index (χ1v) is 9.06. The van der Waals surface area contributed by atoms with Gasteiger partial charge in [0.15, 0.2) is 0 Å². The highest BCUT2D eigenvalue weighted by Crippen LogP contribution is 2.41. The Morgan fingerprint density at radius 2 is 1.84 bits per heavy atom. The van der Waals surface area contributed by atoms with Gasteiger partial charge in [0.05, 0.1) is 17.0 Å². The highest BCUT2D eigenvalue weighted by atomic mass is 35.5. The van der Waals surface area contributed by atoms with Crippen molar-refractivity contribution in [2.24, 2.45) is 11.8 Å². The van der Waals surface area contributed by atoms with Gasteiger partial charge >= 0.3 is 12.0 Å². The maximum atomic E-state index is 13.4. The van der Waals surface area contributed by atoms with Gasteiger partial charge in [-0.2, -0.15) is 0 Å². The fourth-order valence-electron chi connectivity index (χ4n) is 3.46. The zero-order valence-electron chi connectivity index (χ0n) is 13.8. The summed E-state index contributed by atoms with van der Waals surface area (Å²) in [6.45, 7) is 0. The number of carbonyl (C=O) groups excluding carboxylic acids is 1. The number of amides is 2. The van der Waals surface area contributed by atoms with E-state index >= 15 is 0 Å². The van der Waals surface area contributed by atoms with Gasteiger partial charge in [0.1, 0.15) is 5.82 Å². The van der Waals surface area contributed by atoms with Crippen LogP contribution in [-0.2, 0) is 4.79 Å². The first-order chi connectivity index (χ1) is 11.9. The molecule has 5 nitrogen and oxygen atoms in total. The maximum Gasteiger partial charge on any atom is 0.315 e. The monoisotopic (exact) mass is 368 g/mol. The molecule has 2 saturated carbocycles. The number of aliphatic carboxylic acids is 1. The lowest BCUT2D eigenvalue weighted by Gasteiger charge is -2.28. The molecule has 136 valence electrons. The maximum absolute atomic E-state index is 13.4. The molecular formula is C18H22ClFN2O3. The summed E-state index contributed by atoms with van der Waals surface area (Å²) in [6, 6.07) is 4.08. The highest BCUT2D eigenvalue weighted by molar-refractivity contribution is 6.30. The normalized spacial score (nSPS) is 24.4. The van der Waals surface area contributed by atoms with E-state index in [2.05, 4.69) is 10.6 Å². The molecule has 0 aliphatic heterocycles. The standard InChI is InChI=1S/C18H22ClFN2O3/c19-14-9-12(5-8-15(14)20)16(10-1-2-10)22-18(25)21-13-6-3-11(4-7-13)17(23)24/h5,8-11,13,16H,1-4,6-7H2,(H,23,24)(H2,21,22,25). The largest absolute Gasteiger partial charge is 0.481 e. The summed E-state index contributed by atoms with van der Waals surface area (Å²) >= 11 is 5.86. The summed E-state index contributed by atoms with van der Waals surface area (Å²) in [5.74, 6) is -1.19. The number of carboxylic acids is 1. The Morgan fingerprint density at radius 1 is 1.16 bits per heavy atom. The average Bonchev–Trinajstić information content (AvgIpc) is 3.40. The van der Waals surface area contributed by atoms with Gasteiger partial charge in [-0.25, -0.2) is 9.18 Å². The molecule has 3 rings (SSSR count). The third-order valence-electron chi connectivity index (χ3n) is 5.09. The van der Waals surface area contributed by atoms with Gasteiger partial charge in [-0.05, 0) is 62.1 Å². The fourth-order valence-corrected chi connectivity index (χ4v) is 3.65. The summed E-state index contributed by atoms with van der Waals surface area (Å²) in [6.07, 6.45) is 4.54. The van der Waals surface area contributed by atoms with E-state index in [4.69, 9.17) is 16.7 Å². The lowest BCUT2D eigenvalue weighted by Crippen LogP contribution is -2.45. The molecule has 0 bridgehead atoms. The molecule has 0 heterocycles. The molecule has 2 aliphatic carbocycles. The number of rotatable bonds is 5. The Balaban J connectivity index is 1.57. The van der Waals surface area contributed by atoms with E-state index in [0.717, 1.165) is 18.4 Å². The molecule has 7 heteroatoms. The fraction of sp³-hybridized carbons (Fsp3) is 0.556. The summed E-state index contributed by atoms with van der Waals surface area (Å²) in [5.41, 5.74) is 0.804. The molecule has 2 amide bonds. The van der Waals surface area contributed by atoms with Gasteiger partial charge in [-0.15, -0.1) is 0 Å². The second-order valence-electron chi connectivity index (χ2n) is 6.99. The Bertz CT molecular complexity index is 658. The molecule has 1 aromatic carbocycles. The van der Waals surface area contributed by atoms with Crippen LogP contribution in [0.4, 0.5) is 9.18 Å². The number of nitrogens with one attached hydrogen (secondary N) is 2. The van der Waals surface area contributed by atoms with Crippen LogP contribution in [0.2, 0.25) is 5.02 Å². The second-order valence-corrected chi connectivity index (χ2v) is 7.40. The van der Waals surface area contributed by atoms with E-state index in [-0.39, 0.29) is 29.1 Å². The smallest absolute Gasteiger partial charge is 0.315 e. The van der Waals surface area contributed by atoms with E-state index in [1.54, 1.807) is 12.1 Å². The predicted octanol–water partition coefficient (Wildman–Crippen LogP) is 3.87. The predicted molar refractivity (Wildman–Crippen MR) is 91.9 cm³/mol. The number of urea groups is 1. The molecule has 25 heavy (non-hydrogen) atoms. The summed E-state index contributed by atoms with van der Waals surface area (Å²) in [7, 11) is 0. The third-order valence-corrected chi connectivity index (χ3v) is 5.38. The lowest BCUT2D eigenvalue weighted by atomic mass is 9.86. The van der Waals surface area contributed by atoms with Crippen LogP contribution < -0.4 is 10.6 Å². The minimum atomic E-state index is -0.759. The zero-order valence-corrected chi connectivity index (χ0v) is 14.6. The number of hydrogen-bond acceptors (Lipinski definition) is 2. The molecule has 0 radical (unpaired) electrons. The van der Waals surface area contributed by atoms with E-state index in [1.807, 2.05) is 0 Å². The van der Waals surface area contributed by atoms with E-state index < -0.39 is 11.8 Å². The van der Waals surface area contributed by atoms with Crippen LogP contribution in [0, 0.1) is 17.7 Å². The van der Waals surface area contributed by atoms with Crippen molar-refractivity contribution in [3.8, 4) is 0 Å². The molecule has 0 spiro atoms. The summed E-state index contributed by atoms with van der Waals surface area (Å²) in [4.78, 5) is 23.3. The van der Waals surface area contributed by atoms with Crippen molar-refractivity contribution in [2.45, 2.75) is 50.6 Å². The van der Waals surface area contributed by atoms with Gasteiger partial charge < -0.3 is 15.7 Å². The van der Waals surface area contributed by atoms with E-state index in [0.29, 0.717) is 31.6 Å². The van der Waals surface area contributed by atoms with Crippen LogP contribution in [0.15, 0.2) is 18.2 Å². The molecule has 3 N–H and O–H groups in total. The van der Waals surface area contributed by atoms with Crippen molar-refractivity contribution < 1.29 is 19.1 Å². The zero-order chi connectivity index (χ0) is 18.0. The Labute approximate surface area is 150 Å². The van der Waals surface area contributed by atoms with Gasteiger partial charge in [0.25, 0.3) is 0 Å². The van der Waals surface area contributed by atoms with Gasteiger partial charge in [-0.3, -0.25) is 4.79 Å². The first-order valence-electron chi connectivity index (χ1n) is 8.69. The summed E-state index contributed by atoms with van der Waals surface area (Å²) in [5, 5.41) is 15.0. The first kappa shape index (κ1) is 18.0. The van der Waals surface area contributed by atoms with Crippen LogP contribution >= 0.6 is 11.6 Å². The molecular weight excluding hydrogens is 347 g/mol. The van der Waals surface area contributed by atoms with Gasteiger partial charge in [0, 0.05) is 6.04 Å². The Hall–Kier alpha value is -1.82. The number of carbonyl (C=O) groups is 2. The number of benzene rings is 1. The molecule has 1 aromatic rings. The van der Waals surface area contributed by atoms with Crippen molar-refractivity contribution in [1.82, 2.24) is 10.6 Å². The number of halogens is 2. The SMILES string of the molecule is O=C(NC1CCC(C(=O)O)CC1)NC(c1ccc(F)c(Cl)c1)C1CC1. The van der Waals surface area contributed by atoms with E-state index in [1.165, 1.54) is 6.07 Å². The quantitative estimate of drug-likeness (QED) is 0.738. The molecule has 1 unspecified atom stereocenters. The van der Waals surface area contributed by atoms with Crippen LogP contribution in [0.25, 0.3) is 0 Å². The number of hydrogen-bond donors (Lipinski definition) is 3. The molecule has 1 atom stereocenters. The highest BCUT2D eigenvalue weighted by Gasteiger charge is 2.34. The van der Waals surface area contributed by atoms with Crippen molar-refractivity contribution in [3.63, 3.8) is 0 Å². The van der Waals surface area contributed by atoms with E-state index in [9.17, 15) is 14.0 Å². The van der Waals surface area contributed by atoms with Crippen LogP contribution in [0.1, 0.15) is 50.1 Å². The van der Waals surface area contributed by atoms with Crippen LogP contribution in [-0.4, -0.2) is 23.1 Å². The average molecular weight is 369 g/mol. The minimum absolute atomic E-state index is 0.00717. The number of carboxylic acid groups (broad SMARTS) is 1. The van der Waals surface area contributed by atoms with Crippen molar-refractivity contribution in [3.05, 3.63) is 34.6 Å². The summed E-state index contributed by atoms with van der Waals surface area (Å²) < 4.78 is 13.4. The molecule has 2 fully saturated rings. The Morgan fingerprint density at radius 3 is 2.40 bits per heavy atom. The lowest BCUT2D eigenvalue weighted by molar-refractivity contribution is -0.142. The minimum Gasteiger partial charge on any atom is -0.481 e. The third kappa shape index (κ3) is 4.63. The van der Waals surface area contributed by atoms with Crippen molar-refractivity contribution in [2.75, 3.05) is 0 Å². The van der Waals surface area contributed by atoms with Crippen molar-refractivity contribution >= 4 is 23.6 Å². The molecule has 0 saturated heterocycles. The topological polar surface area (TPSA) is 78.4 Å². The van der Waals surface area contributed by atoms with Crippen molar-refractivity contribution in [1.29, 1.82) is 0 Å². The Kier molecular flexibility index (Phi) is 5.47. The molecule has 2 aliphatic rings. The van der Waals surface area contributed by atoms with Crippen LogP contribution in [0.5, 0.6) is 0 Å². The second kappa shape index (κ2) is 7.60.